The van der Waals surface area contributed by atoms with Crippen LogP contribution >= 0.6 is 0 Å². The summed E-state index contributed by atoms with van der Waals surface area (Å²) in [6.07, 6.45) is 1.51. The molecule has 0 bridgehead atoms. The Balaban J connectivity index is 2.05. The summed E-state index contributed by atoms with van der Waals surface area (Å²) in [4.78, 5) is 19.2. The van der Waals surface area contributed by atoms with Gasteiger partial charge in [-0.25, -0.2) is 14.8 Å². The van der Waals surface area contributed by atoms with E-state index in [0.717, 1.165) is 0 Å². The third-order valence-corrected chi connectivity index (χ3v) is 2.75. The van der Waals surface area contributed by atoms with Crippen molar-refractivity contribution in [1.82, 2.24) is 15.1 Å². The third kappa shape index (κ3) is 2.05. The fraction of sp³-hybridized carbons (Fsp3) is 0.0769. The molecule has 0 spiro atoms. The lowest BCUT2D eigenvalue weighted by molar-refractivity contribution is 0.0652. The van der Waals surface area contributed by atoms with Crippen molar-refractivity contribution in [3.8, 4) is 17.1 Å². The zero-order valence-electron chi connectivity index (χ0n) is 10.4. The van der Waals surface area contributed by atoms with Crippen molar-refractivity contribution in [3.63, 3.8) is 0 Å². The number of hydrogen-bond donors (Lipinski definition) is 1. The second kappa shape index (κ2) is 4.61. The van der Waals surface area contributed by atoms with Gasteiger partial charge in [0, 0.05) is 11.6 Å². The molecule has 0 aliphatic carbocycles. The Labute approximate surface area is 112 Å². The summed E-state index contributed by atoms with van der Waals surface area (Å²) in [5, 5.41) is 12.5. The summed E-state index contributed by atoms with van der Waals surface area (Å²) in [5.74, 6) is -0.935. The predicted octanol–water partition coefficient (Wildman–Crippen LogP) is 1.99. The number of aromatic carboxylic acids is 1. The van der Waals surface area contributed by atoms with Crippen LogP contribution in [0, 0.1) is 0 Å². The molecule has 0 radical (unpaired) electrons. The molecule has 0 aliphatic rings. The van der Waals surface area contributed by atoms with Crippen molar-refractivity contribution in [2.45, 2.75) is 0 Å². The molecule has 20 heavy (non-hydrogen) atoms. The lowest BCUT2D eigenvalue weighted by Crippen LogP contribution is -1.92. The summed E-state index contributed by atoms with van der Waals surface area (Å²) in [6.45, 7) is 0. The molecule has 0 aliphatic heterocycles. The maximum atomic E-state index is 10.8. The average Bonchev–Trinajstić information content (AvgIpc) is 2.96. The van der Waals surface area contributed by atoms with Crippen LogP contribution in [0.15, 0.2) is 35.0 Å². The van der Waals surface area contributed by atoms with Crippen molar-refractivity contribution >= 4 is 17.0 Å². The van der Waals surface area contributed by atoms with Crippen LogP contribution in [0.1, 0.15) is 10.6 Å². The molecule has 7 heteroatoms. The second-order valence-electron chi connectivity index (χ2n) is 4.00. The molecular weight excluding hydrogens is 262 g/mol. The Morgan fingerprint density at radius 1 is 1.30 bits per heavy atom. The van der Waals surface area contributed by atoms with Crippen LogP contribution in [0.2, 0.25) is 0 Å². The standard InChI is InChI=1S/C13H9N3O4/c1-19-12-6-14-10-4-7(2-3-8(10)15-12)9-5-11(13(17)18)20-16-9/h2-6H,1H3,(H,17,18). The van der Waals surface area contributed by atoms with Crippen molar-refractivity contribution in [1.29, 1.82) is 0 Å². The second-order valence-corrected chi connectivity index (χ2v) is 4.00. The number of fused-ring (bicyclic) bond motifs is 1. The monoisotopic (exact) mass is 271 g/mol. The molecule has 0 unspecified atom stereocenters. The van der Waals surface area contributed by atoms with Gasteiger partial charge in [-0.15, -0.1) is 0 Å². The minimum absolute atomic E-state index is 0.207. The Kier molecular flexibility index (Phi) is 2.79. The van der Waals surface area contributed by atoms with E-state index in [1.54, 1.807) is 18.2 Å². The number of nitrogens with zero attached hydrogens (tertiary/aromatic N) is 3. The number of aromatic nitrogens is 3. The highest BCUT2D eigenvalue weighted by atomic mass is 16.5. The van der Waals surface area contributed by atoms with Gasteiger partial charge in [-0.3, -0.25) is 0 Å². The number of methoxy groups -OCH3 is 1. The first kappa shape index (κ1) is 12.1. The fourth-order valence-corrected chi connectivity index (χ4v) is 1.76. The largest absolute Gasteiger partial charge is 0.480 e. The van der Waals surface area contributed by atoms with E-state index < -0.39 is 5.97 Å². The zero-order valence-corrected chi connectivity index (χ0v) is 10.4. The average molecular weight is 271 g/mol. The molecule has 1 N–H and O–H groups in total. The Bertz CT molecular complexity index is 797. The van der Waals surface area contributed by atoms with Crippen LogP contribution in [0.4, 0.5) is 0 Å². The van der Waals surface area contributed by atoms with Crippen LogP contribution in [0.25, 0.3) is 22.3 Å². The number of hydrogen-bond acceptors (Lipinski definition) is 6. The van der Waals surface area contributed by atoms with E-state index in [1.807, 2.05) is 0 Å². The van der Waals surface area contributed by atoms with Gasteiger partial charge in [-0.2, -0.15) is 0 Å². The normalized spacial score (nSPS) is 10.7. The highest BCUT2D eigenvalue weighted by Crippen LogP contribution is 2.23. The molecule has 0 saturated heterocycles. The van der Waals surface area contributed by atoms with Gasteiger partial charge < -0.3 is 14.4 Å². The summed E-state index contributed by atoms with van der Waals surface area (Å²) in [6, 6.07) is 6.64. The molecule has 0 amide bonds. The topological polar surface area (TPSA) is 98.3 Å². The number of benzene rings is 1. The van der Waals surface area contributed by atoms with Crippen molar-refractivity contribution in [3.05, 3.63) is 36.2 Å². The Morgan fingerprint density at radius 2 is 2.15 bits per heavy atom. The number of rotatable bonds is 3. The van der Waals surface area contributed by atoms with Gasteiger partial charge in [0.05, 0.1) is 24.3 Å². The van der Waals surface area contributed by atoms with Gasteiger partial charge in [-0.1, -0.05) is 11.2 Å². The van der Waals surface area contributed by atoms with Gasteiger partial charge in [-0.05, 0) is 12.1 Å². The molecule has 3 rings (SSSR count). The summed E-state index contributed by atoms with van der Waals surface area (Å²) >= 11 is 0. The van der Waals surface area contributed by atoms with Gasteiger partial charge >= 0.3 is 5.97 Å². The summed E-state index contributed by atoms with van der Waals surface area (Å²) < 4.78 is 9.72. The molecule has 1 aromatic carbocycles. The zero-order chi connectivity index (χ0) is 14.1. The number of carboxylic acids is 1. The lowest BCUT2D eigenvalue weighted by atomic mass is 10.1. The summed E-state index contributed by atoms with van der Waals surface area (Å²) in [5.41, 5.74) is 2.47. The lowest BCUT2D eigenvalue weighted by Gasteiger charge is -2.02. The van der Waals surface area contributed by atoms with Gasteiger partial charge in [0.25, 0.3) is 0 Å². The molecule has 7 nitrogen and oxygen atoms in total. The first-order valence-electron chi connectivity index (χ1n) is 5.68. The molecule has 0 saturated carbocycles. The van der Waals surface area contributed by atoms with Crippen LogP contribution < -0.4 is 4.74 Å². The minimum Gasteiger partial charge on any atom is -0.480 e. The molecule has 100 valence electrons. The van der Waals surface area contributed by atoms with Gasteiger partial charge in [0.15, 0.2) is 0 Å². The van der Waals surface area contributed by atoms with E-state index in [0.29, 0.717) is 28.2 Å². The van der Waals surface area contributed by atoms with Crippen LogP contribution in [0.5, 0.6) is 5.88 Å². The molecule has 0 fully saturated rings. The van der Waals surface area contributed by atoms with Gasteiger partial charge in [0.2, 0.25) is 11.6 Å². The predicted molar refractivity (Wildman–Crippen MR) is 68.5 cm³/mol. The van der Waals surface area contributed by atoms with Gasteiger partial charge in [0.1, 0.15) is 5.69 Å². The fourth-order valence-electron chi connectivity index (χ4n) is 1.76. The van der Waals surface area contributed by atoms with Crippen LogP contribution in [-0.4, -0.2) is 33.3 Å². The molecule has 2 heterocycles. The Morgan fingerprint density at radius 3 is 2.85 bits per heavy atom. The smallest absolute Gasteiger partial charge is 0.374 e. The number of carbonyl (C=O) groups is 1. The third-order valence-electron chi connectivity index (χ3n) is 2.75. The highest BCUT2D eigenvalue weighted by Gasteiger charge is 2.13. The first-order chi connectivity index (χ1) is 9.67. The van der Waals surface area contributed by atoms with Crippen LogP contribution in [-0.2, 0) is 0 Å². The SMILES string of the molecule is COc1cnc2cc(-c3cc(C(=O)O)on3)ccc2n1. The highest BCUT2D eigenvalue weighted by molar-refractivity contribution is 5.86. The maximum Gasteiger partial charge on any atom is 0.374 e. The van der Waals surface area contributed by atoms with Crippen LogP contribution in [0.3, 0.4) is 0 Å². The molecular formula is C13H9N3O4. The van der Waals surface area contributed by atoms with Crippen molar-refractivity contribution in [2.75, 3.05) is 7.11 Å². The number of ether oxygens (including phenoxy) is 1. The molecule has 2 aromatic heterocycles. The Hall–Kier alpha value is -2.96. The molecule has 0 atom stereocenters. The van der Waals surface area contributed by atoms with E-state index in [4.69, 9.17) is 14.4 Å². The number of carboxylic acid groups (broad SMARTS) is 1. The van der Waals surface area contributed by atoms with E-state index in [9.17, 15) is 4.79 Å². The maximum absolute atomic E-state index is 10.8. The quantitative estimate of drug-likeness (QED) is 0.777. The first-order valence-corrected chi connectivity index (χ1v) is 5.68. The van der Waals surface area contributed by atoms with E-state index in [-0.39, 0.29) is 5.76 Å². The van der Waals surface area contributed by atoms with Crippen molar-refractivity contribution < 1.29 is 19.2 Å². The van der Waals surface area contributed by atoms with E-state index in [1.165, 1.54) is 19.4 Å². The molecule has 3 aromatic rings. The summed E-state index contributed by atoms with van der Waals surface area (Å²) in [7, 11) is 1.52. The van der Waals surface area contributed by atoms with E-state index >= 15 is 0 Å². The van der Waals surface area contributed by atoms with E-state index in [2.05, 4.69) is 15.1 Å². The van der Waals surface area contributed by atoms with Crippen molar-refractivity contribution in [2.24, 2.45) is 0 Å². The minimum atomic E-state index is -1.16.